The van der Waals surface area contributed by atoms with E-state index in [0.717, 1.165) is 11.3 Å². The molecule has 0 saturated carbocycles. The Bertz CT molecular complexity index is 558. The number of rotatable bonds is 2. The van der Waals surface area contributed by atoms with Crippen molar-refractivity contribution in [2.24, 2.45) is 0 Å². The fourth-order valence-corrected chi connectivity index (χ4v) is 1.91. The molecule has 18 heavy (non-hydrogen) atoms. The van der Waals surface area contributed by atoms with E-state index in [9.17, 15) is 0 Å². The average Bonchev–Trinajstić information content (AvgIpc) is 2.49. The molecule has 0 amide bonds. The first-order valence-electron chi connectivity index (χ1n) is 5.85. The van der Waals surface area contributed by atoms with Gasteiger partial charge in [-0.3, -0.25) is 9.97 Å². The average molecular weight is 232 g/mol. The second-order valence-electron chi connectivity index (χ2n) is 4.03. The van der Waals surface area contributed by atoms with Crippen molar-refractivity contribution < 1.29 is 0 Å². The number of benzene rings is 2. The van der Waals surface area contributed by atoms with E-state index in [2.05, 4.69) is 46.4 Å². The van der Waals surface area contributed by atoms with Gasteiger partial charge in [-0.15, -0.1) is 0 Å². The smallest absolute Gasteiger partial charge is 0.0885 e. The van der Waals surface area contributed by atoms with Crippen molar-refractivity contribution in [3.8, 4) is 22.4 Å². The van der Waals surface area contributed by atoms with E-state index in [1.165, 1.54) is 11.1 Å². The summed E-state index contributed by atoms with van der Waals surface area (Å²) in [5.74, 6) is 0. The Morgan fingerprint density at radius 2 is 1.28 bits per heavy atom. The SMILES string of the molecule is c1ccc(-c2ccc(-c3cnccn3)cc2)cc1. The van der Waals surface area contributed by atoms with Crippen molar-refractivity contribution in [2.45, 2.75) is 0 Å². The molecule has 86 valence electrons. The highest BCUT2D eigenvalue weighted by atomic mass is 14.8. The van der Waals surface area contributed by atoms with Gasteiger partial charge in [-0.05, 0) is 11.1 Å². The standard InChI is InChI=1S/C16H12N2/c1-2-4-13(5-3-1)14-6-8-15(9-7-14)16-12-17-10-11-18-16/h1-12H. The summed E-state index contributed by atoms with van der Waals surface area (Å²) in [5.41, 5.74) is 4.42. The lowest BCUT2D eigenvalue weighted by Gasteiger charge is -2.03. The normalized spacial score (nSPS) is 10.2. The minimum Gasteiger partial charge on any atom is -0.261 e. The summed E-state index contributed by atoms with van der Waals surface area (Å²) < 4.78 is 0. The topological polar surface area (TPSA) is 25.8 Å². The van der Waals surface area contributed by atoms with Crippen molar-refractivity contribution >= 4 is 0 Å². The number of nitrogens with zero attached hydrogens (tertiary/aromatic N) is 2. The summed E-state index contributed by atoms with van der Waals surface area (Å²) >= 11 is 0. The van der Waals surface area contributed by atoms with Gasteiger partial charge in [-0.2, -0.15) is 0 Å². The molecule has 0 N–H and O–H groups in total. The first kappa shape index (κ1) is 10.7. The van der Waals surface area contributed by atoms with E-state index in [0.29, 0.717) is 0 Å². The Kier molecular flexibility index (Phi) is 2.84. The van der Waals surface area contributed by atoms with Gasteiger partial charge in [0.2, 0.25) is 0 Å². The third-order valence-electron chi connectivity index (χ3n) is 2.85. The molecule has 0 fully saturated rings. The Morgan fingerprint density at radius 3 is 1.94 bits per heavy atom. The Labute approximate surface area is 106 Å². The van der Waals surface area contributed by atoms with Crippen LogP contribution < -0.4 is 0 Å². The van der Waals surface area contributed by atoms with Crippen LogP contribution in [0.25, 0.3) is 22.4 Å². The molecule has 0 aliphatic carbocycles. The van der Waals surface area contributed by atoms with Gasteiger partial charge in [0.05, 0.1) is 11.9 Å². The summed E-state index contributed by atoms with van der Waals surface area (Å²) in [5, 5.41) is 0. The van der Waals surface area contributed by atoms with E-state index in [1.54, 1.807) is 18.6 Å². The zero-order valence-corrected chi connectivity index (χ0v) is 9.82. The minimum atomic E-state index is 0.900. The van der Waals surface area contributed by atoms with Crippen LogP contribution in [0.2, 0.25) is 0 Å². The van der Waals surface area contributed by atoms with Gasteiger partial charge < -0.3 is 0 Å². The lowest BCUT2D eigenvalue weighted by molar-refractivity contribution is 1.21. The molecule has 1 heterocycles. The molecule has 0 saturated heterocycles. The second-order valence-corrected chi connectivity index (χ2v) is 4.03. The molecule has 0 atom stereocenters. The van der Waals surface area contributed by atoms with Crippen molar-refractivity contribution in [3.05, 3.63) is 73.2 Å². The van der Waals surface area contributed by atoms with Crippen LogP contribution in [-0.4, -0.2) is 9.97 Å². The first-order chi connectivity index (χ1) is 8.93. The van der Waals surface area contributed by atoms with Crippen LogP contribution in [0.3, 0.4) is 0 Å². The molecule has 2 heteroatoms. The van der Waals surface area contributed by atoms with Crippen molar-refractivity contribution in [1.82, 2.24) is 9.97 Å². The molecule has 0 unspecified atom stereocenters. The van der Waals surface area contributed by atoms with Gasteiger partial charge in [-0.25, -0.2) is 0 Å². The van der Waals surface area contributed by atoms with Gasteiger partial charge in [0.15, 0.2) is 0 Å². The van der Waals surface area contributed by atoms with E-state index >= 15 is 0 Å². The highest BCUT2D eigenvalue weighted by molar-refractivity contribution is 5.68. The lowest BCUT2D eigenvalue weighted by Crippen LogP contribution is -1.84. The van der Waals surface area contributed by atoms with Crippen molar-refractivity contribution in [1.29, 1.82) is 0 Å². The van der Waals surface area contributed by atoms with Gasteiger partial charge >= 0.3 is 0 Å². The minimum absolute atomic E-state index is 0.900. The molecule has 1 aromatic heterocycles. The van der Waals surface area contributed by atoms with E-state index < -0.39 is 0 Å². The first-order valence-corrected chi connectivity index (χ1v) is 5.85. The molecule has 3 rings (SSSR count). The summed E-state index contributed by atoms with van der Waals surface area (Å²) in [6, 6.07) is 18.7. The zero-order chi connectivity index (χ0) is 12.2. The van der Waals surface area contributed by atoms with Crippen LogP contribution in [0.15, 0.2) is 73.2 Å². The van der Waals surface area contributed by atoms with Crippen LogP contribution in [0.4, 0.5) is 0 Å². The van der Waals surface area contributed by atoms with Gasteiger partial charge in [0.1, 0.15) is 0 Å². The van der Waals surface area contributed by atoms with Gasteiger partial charge in [0.25, 0.3) is 0 Å². The fourth-order valence-electron chi connectivity index (χ4n) is 1.91. The van der Waals surface area contributed by atoms with E-state index in [-0.39, 0.29) is 0 Å². The van der Waals surface area contributed by atoms with Crippen LogP contribution in [0.5, 0.6) is 0 Å². The molecule has 2 aromatic carbocycles. The monoisotopic (exact) mass is 232 g/mol. The van der Waals surface area contributed by atoms with Crippen LogP contribution in [0, 0.1) is 0 Å². The highest BCUT2D eigenvalue weighted by Crippen LogP contribution is 2.22. The second kappa shape index (κ2) is 4.80. The maximum atomic E-state index is 4.29. The van der Waals surface area contributed by atoms with Gasteiger partial charge in [0, 0.05) is 18.0 Å². The quantitative estimate of drug-likeness (QED) is 0.671. The van der Waals surface area contributed by atoms with E-state index in [4.69, 9.17) is 0 Å². The van der Waals surface area contributed by atoms with Gasteiger partial charge in [-0.1, -0.05) is 54.6 Å². The Morgan fingerprint density at radius 1 is 0.611 bits per heavy atom. The molecule has 0 aliphatic rings. The highest BCUT2D eigenvalue weighted by Gasteiger charge is 2.00. The lowest BCUT2D eigenvalue weighted by atomic mass is 10.0. The third-order valence-corrected chi connectivity index (χ3v) is 2.85. The summed E-state index contributed by atoms with van der Waals surface area (Å²) in [4.78, 5) is 8.37. The van der Waals surface area contributed by atoms with E-state index in [1.807, 2.05) is 18.2 Å². The maximum absolute atomic E-state index is 4.29. The Balaban J connectivity index is 1.95. The predicted octanol–water partition coefficient (Wildman–Crippen LogP) is 3.81. The molecule has 0 bridgehead atoms. The number of hydrogen-bond acceptors (Lipinski definition) is 2. The molecule has 0 spiro atoms. The number of aromatic nitrogens is 2. The van der Waals surface area contributed by atoms with Crippen molar-refractivity contribution in [3.63, 3.8) is 0 Å². The van der Waals surface area contributed by atoms with Crippen LogP contribution >= 0.6 is 0 Å². The predicted molar refractivity (Wildman–Crippen MR) is 72.9 cm³/mol. The zero-order valence-electron chi connectivity index (χ0n) is 9.82. The van der Waals surface area contributed by atoms with Crippen molar-refractivity contribution in [2.75, 3.05) is 0 Å². The molecule has 0 aliphatic heterocycles. The molecular weight excluding hydrogens is 220 g/mol. The maximum Gasteiger partial charge on any atom is 0.0885 e. The number of hydrogen-bond donors (Lipinski definition) is 0. The largest absolute Gasteiger partial charge is 0.261 e. The summed E-state index contributed by atoms with van der Waals surface area (Å²) in [7, 11) is 0. The third kappa shape index (κ3) is 2.13. The molecule has 3 aromatic rings. The fraction of sp³-hybridized carbons (Fsp3) is 0. The summed E-state index contributed by atoms with van der Waals surface area (Å²) in [6.45, 7) is 0. The van der Waals surface area contributed by atoms with Crippen LogP contribution in [-0.2, 0) is 0 Å². The molecule has 0 radical (unpaired) electrons. The Hall–Kier alpha value is -2.48. The molecule has 2 nitrogen and oxygen atoms in total. The molecular formula is C16H12N2. The van der Waals surface area contributed by atoms with Crippen LogP contribution in [0.1, 0.15) is 0 Å². The summed E-state index contributed by atoms with van der Waals surface area (Å²) in [6.07, 6.45) is 5.17.